The molecule has 3 heterocycles. The monoisotopic (exact) mass is 608 g/mol. The van der Waals surface area contributed by atoms with E-state index in [0.29, 0.717) is 37.7 Å². The van der Waals surface area contributed by atoms with Crippen LogP contribution in [0.5, 0.6) is 0 Å². The summed E-state index contributed by atoms with van der Waals surface area (Å²) >= 11 is 0. The molecular formula is C31H40N6O7. The number of piperazine rings is 1. The van der Waals surface area contributed by atoms with Gasteiger partial charge in [-0.15, -0.1) is 0 Å². The van der Waals surface area contributed by atoms with Crippen molar-refractivity contribution in [3.63, 3.8) is 0 Å². The third kappa shape index (κ3) is 7.26. The van der Waals surface area contributed by atoms with Gasteiger partial charge in [0.05, 0.1) is 13.2 Å². The number of Topliss-reactive ketones (excluding diaryl/α,β-unsaturated/α-hetero) is 1. The fraction of sp³-hybridized carbons (Fsp3) is 0.484. The largest absolute Gasteiger partial charge is 0.465 e. The first-order valence-corrected chi connectivity index (χ1v) is 14.6. The predicted octanol–water partition coefficient (Wildman–Crippen LogP) is 2.83. The first-order valence-electron chi connectivity index (χ1n) is 14.6. The molecule has 0 radical (unpaired) electrons. The van der Waals surface area contributed by atoms with E-state index in [4.69, 9.17) is 14.5 Å². The quantitative estimate of drug-likeness (QED) is 0.204. The molecule has 0 atom stereocenters. The molecule has 1 amide bonds. The normalized spacial score (nSPS) is 13.6. The first-order chi connectivity index (χ1) is 20.8. The molecule has 0 bridgehead atoms. The van der Waals surface area contributed by atoms with Crippen molar-refractivity contribution >= 4 is 35.0 Å². The third-order valence-corrected chi connectivity index (χ3v) is 6.98. The molecule has 4 rings (SSSR count). The van der Waals surface area contributed by atoms with Crippen LogP contribution in [0.3, 0.4) is 0 Å². The number of amides is 1. The van der Waals surface area contributed by atoms with E-state index in [1.165, 1.54) is 0 Å². The second-order valence-electron chi connectivity index (χ2n) is 11.8. The minimum absolute atomic E-state index is 0.0168. The van der Waals surface area contributed by atoms with Gasteiger partial charge in [-0.2, -0.15) is 4.98 Å². The third-order valence-electron chi connectivity index (χ3n) is 6.98. The lowest BCUT2D eigenvalue weighted by Gasteiger charge is -2.36. The zero-order valence-electron chi connectivity index (χ0n) is 26.2. The lowest BCUT2D eigenvalue weighted by Crippen LogP contribution is -2.50. The number of carbonyl (C=O) groups excluding carboxylic acids is 3. The number of hydrogen-bond acceptors (Lipinski definition) is 9. The van der Waals surface area contributed by atoms with Crippen LogP contribution < -0.4 is 16.1 Å². The topological polar surface area (TPSA) is 138 Å². The SMILES string of the molecule is CCOC(=O)Cn1c(=O)n(CC(=O)c2ccccc2)c(=O)c2c1nc(N1CCN(C(=O)OC(C)(C)C)CC1)n2CC=C(C)C. The summed E-state index contributed by atoms with van der Waals surface area (Å²) in [4.78, 5) is 74.5. The average molecular weight is 609 g/mol. The Morgan fingerprint density at radius 2 is 1.59 bits per heavy atom. The maximum atomic E-state index is 14.0. The zero-order chi connectivity index (χ0) is 32.2. The zero-order valence-corrected chi connectivity index (χ0v) is 26.2. The van der Waals surface area contributed by atoms with E-state index < -0.39 is 47.8 Å². The lowest BCUT2D eigenvalue weighted by molar-refractivity contribution is -0.143. The van der Waals surface area contributed by atoms with Crippen LogP contribution in [0.1, 0.15) is 51.9 Å². The number of ketones is 1. The summed E-state index contributed by atoms with van der Waals surface area (Å²) in [7, 11) is 0. The predicted molar refractivity (Wildman–Crippen MR) is 165 cm³/mol. The molecule has 0 N–H and O–H groups in total. The number of fused-ring (bicyclic) bond motifs is 1. The van der Waals surface area contributed by atoms with Gasteiger partial charge in [-0.1, -0.05) is 42.0 Å². The number of aromatic nitrogens is 4. The minimum atomic E-state index is -0.840. The molecule has 1 aliphatic heterocycles. The Labute approximate surface area is 255 Å². The summed E-state index contributed by atoms with van der Waals surface area (Å²) in [6, 6.07) is 8.37. The number of esters is 1. The fourth-order valence-electron chi connectivity index (χ4n) is 4.86. The van der Waals surface area contributed by atoms with Crippen molar-refractivity contribution in [3.05, 3.63) is 68.4 Å². The number of hydrogen-bond donors (Lipinski definition) is 0. The molecule has 2 aromatic heterocycles. The number of carbonyl (C=O) groups is 3. The highest BCUT2D eigenvalue weighted by molar-refractivity contribution is 5.96. The van der Waals surface area contributed by atoms with Gasteiger partial charge in [-0.25, -0.2) is 9.59 Å². The Hall–Kier alpha value is -4.68. The van der Waals surface area contributed by atoms with Gasteiger partial charge in [-0.05, 0) is 41.5 Å². The van der Waals surface area contributed by atoms with Gasteiger partial charge in [0.2, 0.25) is 5.95 Å². The maximum absolute atomic E-state index is 14.0. The Balaban J connectivity index is 1.84. The van der Waals surface area contributed by atoms with Crippen LogP contribution in [0.4, 0.5) is 10.7 Å². The lowest BCUT2D eigenvalue weighted by atomic mass is 10.1. The molecule has 1 aromatic carbocycles. The van der Waals surface area contributed by atoms with Gasteiger partial charge >= 0.3 is 17.8 Å². The number of rotatable bonds is 9. The van der Waals surface area contributed by atoms with Crippen LogP contribution in [-0.4, -0.2) is 79.8 Å². The van der Waals surface area contributed by atoms with E-state index in [1.54, 1.807) is 46.7 Å². The maximum Gasteiger partial charge on any atom is 0.410 e. The number of benzene rings is 1. The van der Waals surface area contributed by atoms with Crippen molar-refractivity contribution in [1.29, 1.82) is 0 Å². The molecule has 1 fully saturated rings. The first kappa shape index (κ1) is 32.2. The van der Waals surface area contributed by atoms with Crippen molar-refractivity contribution in [3.8, 4) is 0 Å². The molecule has 13 heteroatoms. The molecule has 0 aliphatic carbocycles. The van der Waals surface area contributed by atoms with Gasteiger partial charge in [0.1, 0.15) is 12.1 Å². The molecule has 236 valence electrons. The van der Waals surface area contributed by atoms with E-state index in [2.05, 4.69) is 0 Å². The van der Waals surface area contributed by atoms with E-state index in [1.807, 2.05) is 45.6 Å². The van der Waals surface area contributed by atoms with Crippen molar-refractivity contribution in [2.75, 3.05) is 37.7 Å². The molecule has 13 nitrogen and oxygen atoms in total. The highest BCUT2D eigenvalue weighted by atomic mass is 16.6. The smallest absolute Gasteiger partial charge is 0.410 e. The van der Waals surface area contributed by atoms with Crippen LogP contribution in [0.25, 0.3) is 11.2 Å². The molecule has 0 saturated carbocycles. The van der Waals surface area contributed by atoms with Crippen LogP contribution in [0, 0.1) is 0 Å². The average Bonchev–Trinajstić information content (AvgIpc) is 3.35. The number of imidazole rings is 1. The van der Waals surface area contributed by atoms with Crippen molar-refractivity contribution in [1.82, 2.24) is 23.6 Å². The summed E-state index contributed by atoms with van der Waals surface area (Å²) < 4.78 is 14.3. The second kappa shape index (κ2) is 13.3. The van der Waals surface area contributed by atoms with Gasteiger partial charge in [0.25, 0.3) is 5.56 Å². The van der Waals surface area contributed by atoms with Gasteiger partial charge < -0.3 is 23.8 Å². The molecule has 1 saturated heterocycles. The highest BCUT2D eigenvalue weighted by Crippen LogP contribution is 2.23. The highest BCUT2D eigenvalue weighted by Gasteiger charge is 2.30. The summed E-state index contributed by atoms with van der Waals surface area (Å²) in [5.74, 6) is -0.704. The summed E-state index contributed by atoms with van der Waals surface area (Å²) in [6.07, 6.45) is 1.51. The number of allylic oxidation sites excluding steroid dienone is 2. The summed E-state index contributed by atoms with van der Waals surface area (Å²) in [6.45, 7) is 11.8. The molecule has 3 aromatic rings. The van der Waals surface area contributed by atoms with Gasteiger partial charge in [0.15, 0.2) is 16.9 Å². The van der Waals surface area contributed by atoms with Crippen LogP contribution in [0.15, 0.2) is 51.6 Å². The number of ether oxygens (including phenoxy) is 2. The van der Waals surface area contributed by atoms with E-state index >= 15 is 0 Å². The van der Waals surface area contributed by atoms with Gasteiger partial charge in [-0.3, -0.25) is 23.5 Å². The van der Waals surface area contributed by atoms with E-state index in [9.17, 15) is 24.0 Å². The van der Waals surface area contributed by atoms with Crippen molar-refractivity contribution in [2.24, 2.45) is 0 Å². The Kier molecular flexibility index (Phi) is 9.75. The fourth-order valence-corrected chi connectivity index (χ4v) is 4.86. The summed E-state index contributed by atoms with van der Waals surface area (Å²) in [5.41, 5.74) is -0.725. The number of anilines is 1. The van der Waals surface area contributed by atoms with E-state index in [0.717, 1.165) is 14.7 Å². The Morgan fingerprint density at radius 3 is 2.18 bits per heavy atom. The molecular weight excluding hydrogens is 568 g/mol. The second-order valence-corrected chi connectivity index (χ2v) is 11.8. The Bertz CT molecular complexity index is 1680. The van der Waals surface area contributed by atoms with E-state index in [-0.39, 0.29) is 24.3 Å². The van der Waals surface area contributed by atoms with Crippen LogP contribution >= 0.6 is 0 Å². The summed E-state index contributed by atoms with van der Waals surface area (Å²) in [5, 5.41) is 0. The molecule has 1 aliphatic rings. The van der Waals surface area contributed by atoms with Crippen LogP contribution in [0.2, 0.25) is 0 Å². The van der Waals surface area contributed by atoms with Gasteiger partial charge in [0, 0.05) is 38.3 Å². The minimum Gasteiger partial charge on any atom is -0.465 e. The van der Waals surface area contributed by atoms with Crippen molar-refractivity contribution < 1.29 is 23.9 Å². The molecule has 0 unspecified atom stereocenters. The van der Waals surface area contributed by atoms with Crippen LogP contribution in [-0.2, 0) is 33.9 Å². The molecule has 0 spiro atoms. The number of nitrogens with zero attached hydrogens (tertiary/aromatic N) is 6. The van der Waals surface area contributed by atoms with Crippen molar-refractivity contribution in [2.45, 2.75) is 66.8 Å². The Morgan fingerprint density at radius 1 is 0.932 bits per heavy atom. The molecule has 44 heavy (non-hydrogen) atoms. The standard InChI is InChI=1S/C31H40N6O7/c1-7-43-24(39)20-36-26-25(27(40)37(29(36)41)19-23(38)22-11-9-8-10-12-22)35(14-13-21(2)3)28(32-26)33-15-17-34(18-16-33)30(42)44-31(4,5)6/h8-13H,7,14-20H2,1-6H3.